The van der Waals surface area contributed by atoms with Gasteiger partial charge >= 0.3 is 0 Å². The molecule has 30 heavy (non-hydrogen) atoms. The second-order valence-corrected chi connectivity index (χ2v) is 7.93. The first-order chi connectivity index (χ1) is 14.6. The van der Waals surface area contributed by atoms with Crippen molar-refractivity contribution in [3.05, 3.63) is 59.3 Å². The number of nitrogens with zero attached hydrogens (tertiary/aromatic N) is 1. The SMILES string of the molecule is CCc1cccc2c(C(CC(=O)N3CCCC3)c3cc(OC)cc(OC)c3)c[nH]c12. The number of hydrogen-bond acceptors (Lipinski definition) is 3. The van der Waals surface area contributed by atoms with Gasteiger partial charge < -0.3 is 19.4 Å². The molecule has 1 saturated heterocycles. The van der Waals surface area contributed by atoms with E-state index in [2.05, 4.69) is 36.3 Å². The summed E-state index contributed by atoms with van der Waals surface area (Å²) in [6.45, 7) is 3.89. The van der Waals surface area contributed by atoms with Crippen molar-refractivity contribution >= 4 is 16.8 Å². The number of carbonyl (C=O) groups is 1. The van der Waals surface area contributed by atoms with Crippen LogP contribution >= 0.6 is 0 Å². The molecule has 158 valence electrons. The van der Waals surface area contributed by atoms with Crippen LogP contribution in [0, 0.1) is 0 Å². The first-order valence-corrected chi connectivity index (χ1v) is 10.7. The van der Waals surface area contributed by atoms with E-state index < -0.39 is 0 Å². The summed E-state index contributed by atoms with van der Waals surface area (Å²) in [5.41, 5.74) is 4.61. The van der Waals surface area contributed by atoms with Gasteiger partial charge in [0.15, 0.2) is 0 Å². The number of fused-ring (bicyclic) bond motifs is 1. The van der Waals surface area contributed by atoms with Gasteiger partial charge in [0.1, 0.15) is 11.5 Å². The fourth-order valence-electron chi connectivity index (χ4n) is 4.53. The minimum absolute atomic E-state index is 0.0806. The lowest BCUT2D eigenvalue weighted by molar-refractivity contribution is -0.130. The highest BCUT2D eigenvalue weighted by Gasteiger charge is 2.27. The summed E-state index contributed by atoms with van der Waals surface area (Å²) in [4.78, 5) is 18.6. The molecule has 0 aliphatic carbocycles. The molecule has 0 spiro atoms. The summed E-state index contributed by atoms with van der Waals surface area (Å²) in [5.74, 6) is 1.59. The van der Waals surface area contributed by atoms with E-state index in [1.807, 2.05) is 23.1 Å². The molecule has 5 heteroatoms. The molecule has 0 radical (unpaired) electrons. The Kier molecular flexibility index (Phi) is 5.98. The van der Waals surface area contributed by atoms with E-state index in [0.29, 0.717) is 6.42 Å². The summed E-state index contributed by atoms with van der Waals surface area (Å²) in [5, 5.41) is 1.18. The fourth-order valence-corrected chi connectivity index (χ4v) is 4.53. The molecule has 0 bridgehead atoms. The largest absolute Gasteiger partial charge is 0.497 e. The van der Waals surface area contributed by atoms with Crippen LogP contribution in [-0.4, -0.2) is 43.1 Å². The minimum atomic E-state index is -0.0806. The lowest BCUT2D eigenvalue weighted by Crippen LogP contribution is -2.29. The van der Waals surface area contributed by atoms with Crippen molar-refractivity contribution in [3.63, 3.8) is 0 Å². The zero-order chi connectivity index (χ0) is 21.1. The Morgan fingerprint density at radius 1 is 1.10 bits per heavy atom. The number of aromatic amines is 1. The number of aryl methyl sites for hydroxylation is 1. The molecule has 1 atom stereocenters. The zero-order valence-corrected chi connectivity index (χ0v) is 18.0. The number of likely N-dealkylation sites (tertiary alicyclic amines) is 1. The molecule has 2 aromatic carbocycles. The molecule has 2 heterocycles. The molecule has 1 amide bonds. The molecule has 1 unspecified atom stereocenters. The van der Waals surface area contributed by atoms with Crippen molar-refractivity contribution in [1.29, 1.82) is 0 Å². The Morgan fingerprint density at radius 2 is 1.80 bits per heavy atom. The third kappa shape index (κ3) is 3.89. The standard InChI is InChI=1S/C25H30N2O3/c1-4-17-8-7-9-21-23(16-26-25(17)21)22(15-24(28)27-10-5-6-11-27)18-12-19(29-2)14-20(13-18)30-3/h7-9,12-14,16,22,26H,4-6,10-11,15H2,1-3H3. The summed E-state index contributed by atoms with van der Waals surface area (Å²) >= 11 is 0. The Morgan fingerprint density at radius 3 is 2.43 bits per heavy atom. The number of methoxy groups -OCH3 is 2. The smallest absolute Gasteiger partial charge is 0.223 e. The summed E-state index contributed by atoms with van der Waals surface area (Å²) in [6.07, 6.45) is 5.64. The number of rotatable bonds is 7. The van der Waals surface area contributed by atoms with Gasteiger partial charge in [-0.1, -0.05) is 25.1 Å². The highest BCUT2D eigenvalue weighted by Crippen LogP contribution is 2.38. The first kappa shape index (κ1) is 20.3. The van der Waals surface area contributed by atoms with Crippen LogP contribution in [-0.2, 0) is 11.2 Å². The van der Waals surface area contributed by atoms with Crippen LogP contribution in [0.25, 0.3) is 10.9 Å². The topological polar surface area (TPSA) is 54.6 Å². The van der Waals surface area contributed by atoms with Crippen LogP contribution < -0.4 is 9.47 Å². The maximum absolute atomic E-state index is 13.1. The van der Waals surface area contributed by atoms with Gasteiger partial charge in [-0.3, -0.25) is 4.79 Å². The monoisotopic (exact) mass is 406 g/mol. The van der Waals surface area contributed by atoms with Crippen LogP contribution in [0.5, 0.6) is 11.5 Å². The molecule has 1 aromatic heterocycles. The average molecular weight is 407 g/mol. The predicted octanol–water partition coefficient (Wildman–Crippen LogP) is 4.89. The second kappa shape index (κ2) is 8.82. The van der Waals surface area contributed by atoms with Gasteiger partial charge in [-0.2, -0.15) is 0 Å². The Bertz CT molecular complexity index is 1010. The van der Waals surface area contributed by atoms with E-state index >= 15 is 0 Å². The lowest BCUT2D eigenvalue weighted by atomic mass is 9.87. The van der Waals surface area contributed by atoms with Gasteiger partial charge in [0.2, 0.25) is 5.91 Å². The maximum atomic E-state index is 13.1. The number of carbonyl (C=O) groups excluding carboxylic acids is 1. The maximum Gasteiger partial charge on any atom is 0.223 e. The Balaban J connectivity index is 1.81. The minimum Gasteiger partial charge on any atom is -0.497 e. The zero-order valence-electron chi connectivity index (χ0n) is 18.0. The highest BCUT2D eigenvalue weighted by atomic mass is 16.5. The molecule has 1 fully saturated rings. The van der Waals surface area contributed by atoms with Gasteiger partial charge in [-0.05, 0) is 48.1 Å². The molecular formula is C25H30N2O3. The second-order valence-electron chi connectivity index (χ2n) is 7.93. The van der Waals surface area contributed by atoms with Crippen LogP contribution in [0.4, 0.5) is 0 Å². The summed E-state index contributed by atoms with van der Waals surface area (Å²) in [6, 6.07) is 12.3. The lowest BCUT2D eigenvalue weighted by Gasteiger charge is -2.22. The van der Waals surface area contributed by atoms with E-state index in [-0.39, 0.29) is 11.8 Å². The molecule has 1 aliphatic rings. The first-order valence-electron chi connectivity index (χ1n) is 10.7. The van der Waals surface area contributed by atoms with Gasteiger partial charge in [-0.25, -0.2) is 0 Å². The number of aromatic nitrogens is 1. The predicted molar refractivity (Wildman–Crippen MR) is 119 cm³/mol. The third-order valence-electron chi connectivity index (χ3n) is 6.20. The Labute approximate surface area is 178 Å². The number of ether oxygens (including phenoxy) is 2. The highest BCUT2D eigenvalue weighted by molar-refractivity contribution is 5.88. The van der Waals surface area contributed by atoms with Gasteiger partial charge in [0.25, 0.3) is 0 Å². The number of nitrogens with one attached hydrogen (secondary N) is 1. The van der Waals surface area contributed by atoms with E-state index in [9.17, 15) is 4.79 Å². The van der Waals surface area contributed by atoms with Crippen molar-refractivity contribution in [2.75, 3.05) is 27.3 Å². The summed E-state index contributed by atoms with van der Waals surface area (Å²) in [7, 11) is 3.31. The van der Waals surface area contributed by atoms with Gasteiger partial charge in [0, 0.05) is 48.6 Å². The number of amides is 1. The average Bonchev–Trinajstić information content (AvgIpc) is 3.47. The van der Waals surface area contributed by atoms with Crippen LogP contribution in [0.1, 0.15) is 48.8 Å². The Hall–Kier alpha value is -2.95. The molecule has 1 N–H and O–H groups in total. The van der Waals surface area contributed by atoms with Crippen LogP contribution in [0.15, 0.2) is 42.6 Å². The van der Waals surface area contributed by atoms with Crippen molar-refractivity contribution < 1.29 is 14.3 Å². The molecule has 1 aliphatic heterocycles. The van der Waals surface area contributed by atoms with Crippen molar-refractivity contribution in [2.24, 2.45) is 0 Å². The number of H-pyrrole nitrogens is 1. The summed E-state index contributed by atoms with van der Waals surface area (Å²) < 4.78 is 11.0. The fraction of sp³-hybridized carbons (Fsp3) is 0.400. The van der Waals surface area contributed by atoms with Crippen LogP contribution in [0.3, 0.4) is 0 Å². The normalized spacial score (nSPS) is 14.8. The van der Waals surface area contributed by atoms with Crippen molar-refractivity contribution in [3.8, 4) is 11.5 Å². The molecule has 5 nitrogen and oxygen atoms in total. The number of para-hydroxylation sites is 1. The quantitative estimate of drug-likeness (QED) is 0.608. The number of hydrogen-bond donors (Lipinski definition) is 1. The van der Waals surface area contributed by atoms with Gasteiger partial charge in [0.05, 0.1) is 14.2 Å². The van der Waals surface area contributed by atoms with E-state index in [1.54, 1.807) is 14.2 Å². The third-order valence-corrected chi connectivity index (χ3v) is 6.20. The van der Waals surface area contributed by atoms with Crippen molar-refractivity contribution in [1.82, 2.24) is 9.88 Å². The molecule has 3 aromatic rings. The van der Waals surface area contributed by atoms with Gasteiger partial charge in [-0.15, -0.1) is 0 Å². The van der Waals surface area contributed by atoms with Crippen LogP contribution in [0.2, 0.25) is 0 Å². The molecular weight excluding hydrogens is 376 g/mol. The molecule has 0 saturated carbocycles. The van der Waals surface area contributed by atoms with E-state index in [1.165, 1.54) is 10.9 Å². The molecule has 4 rings (SSSR count). The van der Waals surface area contributed by atoms with Crippen molar-refractivity contribution in [2.45, 2.75) is 38.5 Å². The van der Waals surface area contributed by atoms with E-state index in [0.717, 1.165) is 60.5 Å². The number of benzene rings is 2. The van der Waals surface area contributed by atoms with E-state index in [4.69, 9.17) is 9.47 Å².